The summed E-state index contributed by atoms with van der Waals surface area (Å²) in [7, 11) is -3.54. The molecule has 1 aromatic carbocycles. The number of rotatable bonds is 7. The van der Waals surface area contributed by atoms with Gasteiger partial charge in [-0.15, -0.1) is 16.4 Å². The topological polar surface area (TPSA) is 101 Å². The predicted molar refractivity (Wildman–Crippen MR) is 118 cm³/mol. The first kappa shape index (κ1) is 21.9. The number of tetrazole rings is 1. The second kappa shape index (κ2) is 9.47. The summed E-state index contributed by atoms with van der Waals surface area (Å²) in [6.45, 7) is 3.77. The maximum absolute atomic E-state index is 12.8. The number of aromatic nitrogens is 4. The molecular formula is C19H22N6O3S3. The number of piperazine rings is 1. The molecule has 3 aromatic rings. The van der Waals surface area contributed by atoms with Gasteiger partial charge in [0.1, 0.15) is 0 Å². The van der Waals surface area contributed by atoms with Crippen molar-refractivity contribution >= 4 is 39.0 Å². The van der Waals surface area contributed by atoms with Crippen LogP contribution < -0.4 is 0 Å². The molecule has 12 heteroatoms. The van der Waals surface area contributed by atoms with E-state index in [1.807, 2.05) is 24.4 Å². The molecule has 31 heavy (non-hydrogen) atoms. The molecule has 0 N–H and O–H groups in total. The fourth-order valence-corrected chi connectivity index (χ4v) is 6.09. The van der Waals surface area contributed by atoms with Crippen LogP contribution in [0.15, 0.2) is 51.8 Å². The van der Waals surface area contributed by atoms with E-state index in [2.05, 4.69) is 15.5 Å². The number of carbonyl (C=O) groups is 1. The Balaban J connectivity index is 1.30. The van der Waals surface area contributed by atoms with Crippen LogP contribution in [-0.4, -0.2) is 75.7 Å². The van der Waals surface area contributed by atoms with Gasteiger partial charge in [0.15, 0.2) is 0 Å². The maximum Gasteiger partial charge on any atom is 0.243 e. The highest BCUT2D eigenvalue weighted by Gasteiger charge is 2.30. The Kier molecular flexibility index (Phi) is 6.70. The Labute approximate surface area is 189 Å². The average Bonchev–Trinajstić information content (AvgIpc) is 3.45. The van der Waals surface area contributed by atoms with E-state index < -0.39 is 10.0 Å². The molecule has 0 saturated carbocycles. The summed E-state index contributed by atoms with van der Waals surface area (Å²) >= 11 is 2.91. The van der Waals surface area contributed by atoms with E-state index in [4.69, 9.17) is 0 Å². The van der Waals surface area contributed by atoms with Crippen molar-refractivity contribution in [3.05, 3.63) is 52.2 Å². The fraction of sp³-hybridized carbons (Fsp3) is 0.368. The van der Waals surface area contributed by atoms with Crippen molar-refractivity contribution in [2.75, 3.05) is 31.9 Å². The summed E-state index contributed by atoms with van der Waals surface area (Å²) in [6, 6.07) is 10.8. The Morgan fingerprint density at radius 1 is 1.13 bits per heavy atom. The summed E-state index contributed by atoms with van der Waals surface area (Å²) in [5, 5.41) is 14.3. The molecule has 1 amide bonds. The smallest absolute Gasteiger partial charge is 0.243 e. The molecule has 0 unspecified atom stereocenters. The van der Waals surface area contributed by atoms with Crippen LogP contribution in [0, 0.1) is 6.92 Å². The van der Waals surface area contributed by atoms with E-state index in [1.54, 1.807) is 45.2 Å². The highest BCUT2D eigenvalue weighted by atomic mass is 32.2. The third-order valence-corrected chi connectivity index (χ3v) is 8.68. The number of hydrogen-bond donors (Lipinski definition) is 0. The standard InChI is InChI=1S/C19H22N6O3S3/c1-15-4-6-17(7-5-15)31(27,28)24-10-8-23(9-11-24)18(26)14-30-19-20-21-22-25(19)13-16-3-2-12-29-16/h2-7,12H,8-11,13-14H2,1H3. The number of thiophene rings is 1. The molecule has 1 fully saturated rings. The fourth-order valence-electron chi connectivity index (χ4n) is 3.20. The minimum absolute atomic E-state index is 0.0527. The van der Waals surface area contributed by atoms with E-state index in [9.17, 15) is 13.2 Å². The van der Waals surface area contributed by atoms with Gasteiger partial charge in [0, 0.05) is 31.1 Å². The predicted octanol–water partition coefficient (Wildman–Crippen LogP) is 1.72. The van der Waals surface area contributed by atoms with Gasteiger partial charge < -0.3 is 4.90 Å². The van der Waals surface area contributed by atoms with Gasteiger partial charge in [-0.05, 0) is 40.9 Å². The number of sulfonamides is 1. The zero-order valence-corrected chi connectivity index (χ0v) is 19.4. The van der Waals surface area contributed by atoms with Gasteiger partial charge in [-0.2, -0.15) is 4.31 Å². The Hall–Kier alpha value is -2.28. The first-order chi connectivity index (χ1) is 14.9. The number of nitrogens with zero attached hydrogens (tertiary/aromatic N) is 6. The van der Waals surface area contributed by atoms with Crippen molar-refractivity contribution in [2.24, 2.45) is 0 Å². The molecule has 2 aromatic heterocycles. The third-order valence-electron chi connectivity index (χ3n) is 4.96. The molecule has 0 spiro atoms. The van der Waals surface area contributed by atoms with Crippen molar-refractivity contribution < 1.29 is 13.2 Å². The molecule has 0 bridgehead atoms. The van der Waals surface area contributed by atoms with Crippen molar-refractivity contribution in [2.45, 2.75) is 23.5 Å². The SMILES string of the molecule is Cc1ccc(S(=O)(=O)N2CCN(C(=O)CSc3nnnn3Cc3cccs3)CC2)cc1. The summed E-state index contributed by atoms with van der Waals surface area (Å²) in [4.78, 5) is 15.8. The molecule has 1 saturated heterocycles. The minimum Gasteiger partial charge on any atom is -0.339 e. The second-order valence-electron chi connectivity index (χ2n) is 7.09. The first-order valence-electron chi connectivity index (χ1n) is 9.69. The van der Waals surface area contributed by atoms with Crippen LogP contribution in [0.5, 0.6) is 0 Å². The van der Waals surface area contributed by atoms with Gasteiger partial charge in [0.05, 0.1) is 17.2 Å². The summed E-state index contributed by atoms with van der Waals surface area (Å²) < 4.78 is 28.8. The second-order valence-corrected chi connectivity index (χ2v) is 11.0. The molecule has 0 radical (unpaired) electrons. The van der Waals surface area contributed by atoms with Crippen LogP contribution in [-0.2, 0) is 21.4 Å². The Morgan fingerprint density at radius 3 is 2.55 bits per heavy atom. The van der Waals surface area contributed by atoms with Crippen LogP contribution in [0.25, 0.3) is 0 Å². The average molecular weight is 479 g/mol. The summed E-state index contributed by atoms with van der Waals surface area (Å²) in [5.74, 6) is 0.151. The zero-order chi connectivity index (χ0) is 21.8. The van der Waals surface area contributed by atoms with Crippen LogP contribution in [0.3, 0.4) is 0 Å². The van der Waals surface area contributed by atoms with E-state index in [0.717, 1.165) is 10.4 Å². The molecule has 164 valence electrons. The lowest BCUT2D eigenvalue weighted by atomic mass is 10.2. The summed E-state index contributed by atoms with van der Waals surface area (Å²) in [6.07, 6.45) is 0. The van der Waals surface area contributed by atoms with Crippen LogP contribution in [0.4, 0.5) is 0 Å². The van der Waals surface area contributed by atoms with Crippen LogP contribution in [0.2, 0.25) is 0 Å². The quantitative estimate of drug-likeness (QED) is 0.477. The lowest BCUT2D eigenvalue weighted by Gasteiger charge is -2.34. The number of carbonyl (C=O) groups excluding carboxylic acids is 1. The Morgan fingerprint density at radius 2 is 1.87 bits per heavy atom. The lowest BCUT2D eigenvalue weighted by molar-refractivity contribution is -0.129. The van der Waals surface area contributed by atoms with Gasteiger partial charge >= 0.3 is 0 Å². The number of amides is 1. The van der Waals surface area contributed by atoms with E-state index >= 15 is 0 Å². The van der Waals surface area contributed by atoms with Gasteiger partial charge in [-0.3, -0.25) is 4.79 Å². The molecule has 4 rings (SSSR count). The molecular weight excluding hydrogens is 456 g/mol. The normalized spacial score (nSPS) is 15.3. The minimum atomic E-state index is -3.54. The Bertz CT molecular complexity index is 1120. The van der Waals surface area contributed by atoms with E-state index in [0.29, 0.717) is 24.8 Å². The van der Waals surface area contributed by atoms with Gasteiger partial charge in [0.25, 0.3) is 0 Å². The highest BCUT2D eigenvalue weighted by Crippen LogP contribution is 2.20. The molecule has 3 heterocycles. The van der Waals surface area contributed by atoms with Crippen molar-refractivity contribution in [3.63, 3.8) is 0 Å². The van der Waals surface area contributed by atoms with Crippen LogP contribution in [0.1, 0.15) is 10.4 Å². The largest absolute Gasteiger partial charge is 0.339 e. The number of thioether (sulfide) groups is 1. The molecule has 0 atom stereocenters. The lowest BCUT2D eigenvalue weighted by Crippen LogP contribution is -2.50. The summed E-state index contributed by atoms with van der Waals surface area (Å²) in [5.41, 5.74) is 1.01. The van der Waals surface area contributed by atoms with E-state index in [1.165, 1.54) is 16.1 Å². The number of benzene rings is 1. The maximum atomic E-state index is 12.8. The first-order valence-corrected chi connectivity index (χ1v) is 13.0. The van der Waals surface area contributed by atoms with E-state index in [-0.39, 0.29) is 29.6 Å². The third kappa shape index (κ3) is 5.14. The van der Waals surface area contributed by atoms with Crippen LogP contribution >= 0.6 is 23.1 Å². The van der Waals surface area contributed by atoms with Gasteiger partial charge in [-0.25, -0.2) is 13.1 Å². The number of hydrogen-bond acceptors (Lipinski definition) is 8. The number of aryl methyl sites for hydroxylation is 1. The zero-order valence-electron chi connectivity index (χ0n) is 16.9. The van der Waals surface area contributed by atoms with Crippen molar-refractivity contribution in [1.29, 1.82) is 0 Å². The van der Waals surface area contributed by atoms with Gasteiger partial charge in [-0.1, -0.05) is 35.5 Å². The van der Waals surface area contributed by atoms with Crippen molar-refractivity contribution in [1.82, 2.24) is 29.4 Å². The van der Waals surface area contributed by atoms with Gasteiger partial charge in [0.2, 0.25) is 21.1 Å². The molecule has 1 aliphatic heterocycles. The van der Waals surface area contributed by atoms with Crippen molar-refractivity contribution in [3.8, 4) is 0 Å². The molecule has 0 aliphatic carbocycles. The molecule has 9 nitrogen and oxygen atoms in total. The molecule has 1 aliphatic rings. The highest BCUT2D eigenvalue weighted by molar-refractivity contribution is 7.99. The monoisotopic (exact) mass is 478 g/mol.